The van der Waals surface area contributed by atoms with Crippen LogP contribution >= 0.6 is 24.0 Å². The molecule has 3 aromatic rings. The minimum absolute atomic E-state index is 0. The molecular weight excluding hydrogens is 491 g/mol. The Labute approximate surface area is 193 Å². The molecule has 0 aliphatic carbocycles. The van der Waals surface area contributed by atoms with Crippen molar-refractivity contribution in [3.8, 4) is 11.6 Å². The van der Waals surface area contributed by atoms with Gasteiger partial charge in [0.05, 0.1) is 6.26 Å². The van der Waals surface area contributed by atoms with Crippen LogP contribution in [0.25, 0.3) is 17.7 Å². The van der Waals surface area contributed by atoms with Crippen molar-refractivity contribution >= 4 is 36.0 Å². The summed E-state index contributed by atoms with van der Waals surface area (Å²) in [4.78, 5) is 11.5. The van der Waals surface area contributed by atoms with Gasteiger partial charge in [-0.25, -0.2) is 9.98 Å². The molecule has 3 heterocycles. The van der Waals surface area contributed by atoms with Crippen molar-refractivity contribution in [2.75, 3.05) is 19.6 Å². The highest BCUT2D eigenvalue weighted by atomic mass is 127. The third kappa shape index (κ3) is 5.71. The first-order chi connectivity index (χ1) is 14.3. The van der Waals surface area contributed by atoms with Crippen LogP contribution in [-0.2, 0) is 6.54 Å². The number of halogens is 1. The quantitative estimate of drug-likeness (QED) is 0.299. The van der Waals surface area contributed by atoms with Gasteiger partial charge in [-0.05, 0) is 37.5 Å². The summed E-state index contributed by atoms with van der Waals surface area (Å²) in [5.41, 5.74) is 2.76. The maximum Gasteiger partial charge on any atom is 0.216 e. The van der Waals surface area contributed by atoms with Gasteiger partial charge in [0.1, 0.15) is 12.4 Å². The number of likely N-dealkylation sites (tertiary alicyclic amines) is 1. The molecule has 2 N–H and O–H groups in total. The lowest BCUT2D eigenvalue weighted by Gasteiger charge is -2.31. The van der Waals surface area contributed by atoms with Gasteiger partial charge in [0, 0.05) is 19.6 Å². The van der Waals surface area contributed by atoms with E-state index < -0.39 is 0 Å². The summed E-state index contributed by atoms with van der Waals surface area (Å²) in [6.45, 7) is 5.27. The number of piperidine rings is 1. The monoisotopic (exact) mass is 518 g/mol. The van der Waals surface area contributed by atoms with Gasteiger partial charge >= 0.3 is 0 Å². The number of nitrogens with zero attached hydrogens (tertiary/aromatic N) is 4. The molecule has 0 unspecified atom stereocenters. The number of furan rings is 1. The Hall–Kier alpha value is -2.62. The summed E-state index contributed by atoms with van der Waals surface area (Å²) >= 11 is 0. The number of aromatic amines is 1. The van der Waals surface area contributed by atoms with Gasteiger partial charge in [-0.15, -0.1) is 29.1 Å². The third-order valence-electron chi connectivity index (χ3n) is 4.86. The second-order valence-corrected chi connectivity index (χ2v) is 6.95. The summed E-state index contributed by atoms with van der Waals surface area (Å²) in [7, 11) is 0. The van der Waals surface area contributed by atoms with Crippen LogP contribution in [0.5, 0.6) is 0 Å². The Morgan fingerprint density at radius 1 is 1.20 bits per heavy atom. The van der Waals surface area contributed by atoms with Gasteiger partial charge in [0.2, 0.25) is 5.82 Å². The molecule has 0 amide bonds. The van der Waals surface area contributed by atoms with E-state index in [9.17, 15) is 0 Å². The lowest BCUT2D eigenvalue weighted by atomic mass is 10.0. The summed E-state index contributed by atoms with van der Waals surface area (Å²) < 4.78 is 5.34. The van der Waals surface area contributed by atoms with E-state index in [0.29, 0.717) is 24.0 Å². The first-order valence-corrected chi connectivity index (χ1v) is 10.0. The largest absolute Gasteiger partial charge is 0.461 e. The molecular formula is C22H27IN6O. The maximum absolute atomic E-state index is 5.34. The molecule has 7 nitrogen and oxygen atoms in total. The van der Waals surface area contributed by atoms with Crippen molar-refractivity contribution in [2.24, 2.45) is 4.99 Å². The summed E-state index contributed by atoms with van der Waals surface area (Å²) in [5.74, 6) is 2.84. The van der Waals surface area contributed by atoms with E-state index in [1.54, 1.807) is 6.26 Å². The third-order valence-corrected chi connectivity index (χ3v) is 4.86. The van der Waals surface area contributed by atoms with Crippen LogP contribution in [0.3, 0.4) is 0 Å². The number of aromatic nitrogens is 3. The van der Waals surface area contributed by atoms with Crippen molar-refractivity contribution in [1.29, 1.82) is 0 Å². The lowest BCUT2D eigenvalue weighted by molar-refractivity contribution is 0.375. The highest BCUT2D eigenvalue weighted by molar-refractivity contribution is 14.0. The number of aliphatic imine (C=N–C) groups is 1. The molecule has 0 bridgehead atoms. The molecule has 1 aliphatic heterocycles. The number of H-pyrrole nitrogens is 1. The van der Waals surface area contributed by atoms with E-state index in [4.69, 9.17) is 9.41 Å². The first kappa shape index (κ1) is 22.1. The van der Waals surface area contributed by atoms with Gasteiger partial charge in [-0.2, -0.15) is 0 Å². The summed E-state index contributed by atoms with van der Waals surface area (Å²) in [5, 5.41) is 10.5. The fraction of sp³-hybridized carbons (Fsp3) is 0.318. The molecule has 158 valence electrons. The Morgan fingerprint density at radius 2 is 2.00 bits per heavy atom. The molecule has 1 fully saturated rings. The minimum atomic E-state index is 0. The Kier molecular flexibility index (Phi) is 8.06. The van der Waals surface area contributed by atoms with Gasteiger partial charge in [0.25, 0.3) is 0 Å². The molecule has 8 heteroatoms. The second kappa shape index (κ2) is 11.0. The highest BCUT2D eigenvalue weighted by Gasteiger charge is 2.17. The molecule has 1 saturated heterocycles. The van der Waals surface area contributed by atoms with Crippen molar-refractivity contribution in [1.82, 2.24) is 25.4 Å². The van der Waals surface area contributed by atoms with E-state index in [1.807, 2.05) is 12.1 Å². The van der Waals surface area contributed by atoms with Gasteiger partial charge in [0.15, 0.2) is 11.7 Å². The SMILES string of the molecule is CCNC(=NCc1nc(-c2ccco2)n[nH]1)N1CCC(=Cc2ccccc2)CC1.I. The average Bonchev–Trinajstić information content (AvgIpc) is 3.44. The second-order valence-electron chi connectivity index (χ2n) is 6.95. The van der Waals surface area contributed by atoms with Crippen LogP contribution in [0.2, 0.25) is 0 Å². The number of guanidine groups is 1. The number of hydrogen-bond acceptors (Lipinski definition) is 4. The molecule has 0 spiro atoms. The zero-order valence-corrected chi connectivity index (χ0v) is 19.4. The fourth-order valence-electron chi connectivity index (χ4n) is 3.39. The normalized spacial score (nSPS) is 14.4. The van der Waals surface area contributed by atoms with Crippen LogP contribution in [0.15, 0.2) is 63.7 Å². The van der Waals surface area contributed by atoms with Crippen LogP contribution in [0.4, 0.5) is 0 Å². The van der Waals surface area contributed by atoms with E-state index in [2.05, 4.69) is 68.7 Å². The van der Waals surface area contributed by atoms with Crippen molar-refractivity contribution in [3.05, 3.63) is 65.7 Å². The lowest BCUT2D eigenvalue weighted by Crippen LogP contribution is -2.44. The standard InChI is InChI=1S/C22H26N6O.HI/c1-2-23-22(24-16-20-25-21(27-26-20)19-9-6-14-29-19)28-12-10-18(11-13-28)15-17-7-4-3-5-8-17;/h3-9,14-15H,2,10-13,16H2,1H3,(H,23,24)(H,25,26,27);1H. The molecule has 1 aliphatic rings. The minimum Gasteiger partial charge on any atom is -0.461 e. The van der Waals surface area contributed by atoms with Crippen molar-refractivity contribution in [3.63, 3.8) is 0 Å². The number of rotatable bonds is 5. The fourth-order valence-corrected chi connectivity index (χ4v) is 3.39. The topological polar surface area (TPSA) is 82.3 Å². The van der Waals surface area contributed by atoms with Gasteiger partial charge in [-0.3, -0.25) is 5.10 Å². The van der Waals surface area contributed by atoms with Crippen LogP contribution < -0.4 is 5.32 Å². The van der Waals surface area contributed by atoms with Crippen molar-refractivity contribution < 1.29 is 4.42 Å². The van der Waals surface area contributed by atoms with E-state index in [-0.39, 0.29) is 24.0 Å². The molecule has 0 radical (unpaired) electrons. The zero-order valence-electron chi connectivity index (χ0n) is 17.0. The molecule has 0 atom stereocenters. The van der Waals surface area contributed by atoms with E-state index in [1.165, 1.54) is 11.1 Å². The van der Waals surface area contributed by atoms with Gasteiger partial charge in [-0.1, -0.05) is 42.0 Å². The van der Waals surface area contributed by atoms with Crippen LogP contribution in [0, 0.1) is 0 Å². The van der Waals surface area contributed by atoms with E-state index >= 15 is 0 Å². The Morgan fingerprint density at radius 3 is 2.70 bits per heavy atom. The Bertz CT molecular complexity index is 955. The van der Waals surface area contributed by atoms with Crippen LogP contribution in [-0.4, -0.2) is 45.7 Å². The average molecular weight is 518 g/mol. The predicted molar refractivity (Wildman–Crippen MR) is 130 cm³/mol. The summed E-state index contributed by atoms with van der Waals surface area (Å²) in [6, 6.07) is 14.2. The summed E-state index contributed by atoms with van der Waals surface area (Å²) in [6.07, 6.45) is 6.02. The first-order valence-electron chi connectivity index (χ1n) is 10.0. The molecule has 4 rings (SSSR count). The molecule has 0 saturated carbocycles. The molecule has 2 aromatic heterocycles. The van der Waals surface area contributed by atoms with E-state index in [0.717, 1.165) is 38.4 Å². The molecule has 1 aromatic carbocycles. The van der Waals surface area contributed by atoms with Crippen LogP contribution in [0.1, 0.15) is 31.2 Å². The maximum atomic E-state index is 5.34. The molecule has 30 heavy (non-hydrogen) atoms. The van der Waals surface area contributed by atoms with Gasteiger partial charge < -0.3 is 14.6 Å². The van der Waals surface area contributed by atoms with Crippen molar-refractivity contribution in [2.45, 2.75) is 26.3 Å². The number of benzene rings is 1. The number of hydrogen-bond donors (Lipinski definition) is 2. The zero-order chi connectivity index (χ0) is 19.9. The number of nitrogens with one attached hydrogen (secondary N) is 2. The predicted octanol–water partition coefficient (Wildman–Crippen LogP) is 4.33. The smallest absolute Gasteiger partial charge is 0.216 e. The Balaban J connectivity index is 0.00000256. The highest BCUT2D eigenvalue weighted by Crippen LogP contribution is 2.20.